The lowest BCUT2D eigenvalue weighted by Crippen LogP contribution is -2.31. The van der Waals surface area contributed by atoms with Crippen molar-refractivity contribution in [2.75, 3.05) is 32.4 Å². The topological polar surface area (TPSA) is 92.7 Å². The van der Waals surface area contributed by atoms with Crippen molar-refractivity contribution < 1.29 is 8.42 Å². The summed E-state index contributed by atoms with van der Waals surface area (Å²) in [5.41, 5.74) is 5.74. The number of nitrogen functional groups attached to an aromatic ring is 1. The lowest BCUT2D eigenvalue weighted by molar-refractivity contribution is 0.394. The quantitative estimate of drug-likeness (QED) is 0.841. The molecule has 110 valence electrons. The number of aromatic nitrogens is 2. The van der Waals surface area contributed by atoms with Crippen molar-refractivity contribution in [2.24, 2.45) is 5.92 Å². The van der Waals surface area contributed by atoms with Crippen LogP contribution < -0.4 is 10.5 Å². The molecule has 0 aliphatic carbocycles. The smallest absolute Gasteiger partial charge is 0.260 e. The maximum atomic E-state index is 12.4. The lowest BCUT2D eigenvalue weighted by atomic mass is 10.1. The number of rotatable bonds is 4. The second-order valence-electron chi connectivity index (χ2n) is 5.13. The summed E-state index contributed by atoms with van der Waals surface area (Å²) in [6.07, 6.45) is 2.68. The van der Waals surface area contributed by atoms with E-state index >= 15 is 0 Å². The van der Waals surface area contributed by atoms with Gasteiger partial charge in [0, 0.05) is 24.7 Å². The normalized spacial score (nSPS) is 20.9. The van der Waals surface area contributed by atoms with Crippen molar-refractivity contribution in [2.45, 2.75) is 11.4 Å². The average molecular weight is 315 g/mol. The predicted molar refractivity (Wildman–Crippen MR) is 78.3 cm³/mol. The molecule has 3 N–H and O–H groups in total. The van der Waals surface area contributed by atoms with Gasteiger partial charge in [-0.2, -0.15) is 0 Å². The Hall–Kier alpha value is -1.16. The summed E-state index contributed by atoms with van der Waals surface area (Å²) in [5, 5.41) is 1.83. The third-order valence-electron chi connectivity index (χ3n) is 3.55. The number of sulfonamides is 1. The molecular weight excluding hydrogens is 298 g/mol. The summed E-state index contributed by atoms with van der Waals surface area (Å²) in [6, 6.07) is 0. The van der Waals surface area contributed by atoms with E-state index < -0.39 is 10.0 Å². The second-order valence-corrected chi connectivity index (χ2v) is 7.68. The first-order chi connectivity index (χ1) is 9.47. The van der Waals surface area contributed by atoms with Crippen LogP contribution in [0.3, 0.4) is 0 Å². The third kappa shape index (κ3) is 2.41. The zero-order valence-corrected chi connectivity index (χ0v) is 12.7. The number of hydrogen-bond acceptors (Lipinski definition) is 6. The van der Waals surface area contributed by atoms with Crippen molar-refractivity contribution in [3.63, 3.8) is 0 Å². The van der Waals surface area contributed by atoms with Gasteiger partial charge in [-0.1, -0.05) is 0 Å². The number of nitrogens with zero attached hydrogens (tertiary/aromatic N) is 3. The highest BCUT2D eigenvalue weighted by Crippen LogP contribution is 2.23. The SMILES string of the molecule is CN1CCC(CNS(=O)(=O)c2c(N)nc3sccn23)C1. The summed E-state index contributed by atoms with van der Waals surface area (Å²) in [6.45, 7) is 2.36. The molecule has 1 aliphatic rings. The van der Waals surface area contributed by atoms with Crippen LogP contribution in [0.25, 0.3) is 4.96 Å². The fourth-order valence-corrected chi connectivity index (χ4v) is 4.64. The van der Waals surface area contributed by atoms with Gasteiger partial charge in [0.25, 0.3) is 10.0 Å². The van der Waals surface area contributed by atoms with Crippen LogP contribution in [-0.4, -0.2) is 49.4 Å². The van der Waals surface area contributed by atoms with Crippen molar-refractivity contribution >= 4 is 32.1 Å². The summed E-state index contributed by atoms with van der Waals surface area (Å²) in [7, 11) is -1.60. The highest BCUT2D eigenvalue weighted by atomic mass is 32.2. The zero-order chi connectivity index (χ0) is 14.3. The van der Waals surface area contributed by atoms with E-state index in [4.69, 9.17) is 5.73 Å². The Morgan fingerprint density at radius 1 is 1.60 bits per heavy atom. The van der Waals surface area contributed by atoms with E-state index in [1.165, 1.54) is 15.7 Å². The number of imidazole rings is 1. The molecule has 1 atom stereocenters. The van der Waals surface area contributed by atoms with E-state index in [0.717, 1.165) is 19.5 Å². The number of nitrogens with one attached hydrogen (secondary N) is 1. The second kappa shape index (κ2) is 4.99. The minimum Gasteiger partial charge on any atom is -0.381 e. The van der Waals surface area contributed by atoms with Crippen LogP contribution in [0.2, 0.25) is 0 Å². The van der Waals surface area contributed by atoms with Gasteiger partial charge in [-0.05, 0) is 25.9 Å². The van der Waals surface area contributed by atoms with Crippen LogP contribution in [-0.2, 0) is 10.0 Å². The van der Waals surface area contributed by atoms with Crippen molar-refractivity contribution in [3.8, 4) is 0 Å². The monoisotopic (exact) mass is 315 g/mol. The largest absolute Gasteiger partial charge is 0.381 e. The van der Waals surface area contributed by atoms with Crippen LogP contribution in [0, 0.1) is 5.92 Å². The van der Waals surface area contributed by atoms with Gasteiger partial charge in [0.05, 0.1) is 0 Å². The van der Waals surface area contributed by atoms with Crippen molar-refractivity contribution in [3.05, 3.63) is 11.6 Å². The number of hydrogen-bond donors (Lipinski definition) is 2. The number of anilines is 1. The zero-order valence-electron chi connectivity index (χ0n) is 11.1. The first-order valence-corrected chi connectivity index (χ1v) is 8.73. The molecule has 0 spiro atoms. The van der Waals surface area contributed by atoms with Gasteiger partial charge in [0.2, 0.25) is 0 Å². The van der Waals surface area contributed by atoms with Gasteiger partial charge in [0.1, 0.15) is 0 Å². The molecule has 1 saturated heterocycles. The molecule has 1 aliphatic heterocycles. The Morgan fingerprint density at radius 2 is 2.40 bits per heavy atom. The van der Waals surface area contributed by atoms with Gasteiger partial charge in [-0.3, -0.25) is 4.40 Å². The van der Waals surface area contributed by atoms with E-state index in [1.54, 1.807) is 11.6 Å². The minimum absolute atomic E-state index is 0.0418. The Balaban J connectivity index is 1.81. The fourth-order valence-electron chi connectivity index (χ4n) is 2.54. The van der Waals surface area contributed by atoms with Crippen molar-refractivity contribution in [1.82, 2.24) is 19.0 Å². The fraction of sp³-hybridized carbons (Fsp3) is 0.545. The molecule has 0 radical (unpaired) electrons. The Kier molecular flexibility index (Phi) is 3.44. The molecule has 0 saturated carbocycles. The van der Waals surface area contributed by atoms with Gasteiger partial charge < -0.3 is 10.6 Å². The number of likely N-dealkylation sites (tertiary alicyclic amines) is 1. The van der Waals surface area contributed by atoms with E-state index in [0.29, 0.717) is 17.4 Å². The first kappa shape index (κ1) is 13.8. The summed E-state index contributed by atoms with van der Waals surface area (Å²) in [5.74, 6) is 0.398. The number of thiazole rings is 1. The van der Waals surface area contributed by atoms with Gasteiger partial charge >= 0.3 is 0 Å². The average Bonchev–Trinajstić information content (AvgIpc) is 3.02. The highest BCUT2D eigenvalue weighted by molar-refractivity contribution is 7.89. The van der Waals surface area contributed by atoms with Crippen LogP contribution >= 0.6 is 11.3 Å². The van der Waals surface area contributed by atoms with Gasteiger partial charge in [-0.25, -0.2) is 18.1 Å². The van der Waals surface area contributed by atoms with Gasteiger partial charge in [0.15, 0.2) is 15.8 Å². The molecule has 0 bridgehead atoms. The molecule has 1 fully saturated rings. The molecular formula is C11H17N5O2S2. The number of fused-ring (bicyclic) bond motifs is 1. The van der Waals surface area contributed by atoms with E-state index in [9.17, 15) is 8.42 Å². The van der Waals surface area contributed by atoms with Crippen LogP contribution in [0.5, 0.6) is 0 Å². The Morgan fingerprint density at radius 3 is 3.10 bits per heavy atom. The predicted octanol–water partition coefficient (Wildman–Crippen LogP) is 0.208. The van der Waals surface area contributed by atoms with Crippen LogP contribution in [0.15, 0.2) is 16.6 Å². The van der Waals surface area contributed by atoms with E-state index in [-0.39, 0.29) is 10.8 Å². The summed E-state index contributed by atoms with van der Waals surface area (Å²) < 4.78 is 29.0. The van der Waals surface area contributed by atoms with Crippen LogP contribution in [0.1, 0.15) is 6.42 Å². The maximum Gasteiger partial charge on any atom is 0.260 e. The molecule has 7 nitrogen and oxygen atoms in total. The Labute approximate surface area is 121 Å². The molecule has 0 amide bonds. The highest BCUT2D eigenvalue weighted by Gasteiger charge is 2.27. The van der Waals surface area contributed by atoms with E-state index in [2.05, 4.69) is 14.6 Å². The third-order valence-corrected chi connectivity index (χ3v) is 5.77. The molecule has 2 aromatic rings. The van der Waals surface area contributed by atoms with Crippen LogP contribution in [0.4, 0.5) is 5.82 Å². The maximum absolute atomic E-state index is 12.4. The summed E-state index contributed by atoms with van der Waals surface area (Å²) in [4.78, 5) is 6.85. The Bertz CT molecular complexity index is 720. The molecule has 1 unspecified atom stereocenters. The van der Waals surface area contributed by atoms with E-state index in [1.807, 2.05) is 7.05 Å². The molecule has 2 aromatic heterocycles. The van der Waals surface area contributed by atoms with Gasteiger partial charge in [-0.15, -0.1) is 11.3 Å². The number of nitrogens with two attached hydrogens (primary N) is 1. The summed E-state index contributed by atoms with van der Waals surface area (Å²) >= 11 is 1.36. The molecule has 3 heterocycles. The standard InChI is InChI=1S/C11H17N5O2S2/c1-15-3-2-8(7-15)6-13-20(17,18)10-9(12)14-11-16(10)4-5-19-11/h4-5,8,13H,2-3,6-7,12H2,1H3. The molecule has 0 aromatic carbocycles. The minimum atomic E-state index is -3.64. The van der Waals surface area contributed by atoms with Crippen molar-refractivity contribution in [1.29, 1.82) is 0 Å². The lowest BCUT2D eigenvalue weighted by Gasteiger charge is -2.12. The molecule has 20 heavy (non-hydrogen) atoms. The molecule has 9 heteroatoms. The molecule has 3 rings (SSSR count). The first-order valence-electron chi connectivity index (χ1n) is 6.36.